The predicted molar refractivity (Wildman–Crippen MR) is 65.1 cm³/mol. The molecule has 0 rings (SSSR count). The molecule has 0 heteroatoms. The summed E-state index contributed by atoms with van der Waals surface area (Å²) in [7, 11) is 0. The Balaban J connectivity index is 4.29. The lowest BCUT2D eigenvalue weighted by Gasteiger charge is -2.26. The van der Waals surface area contributed by atoms with Crippen molar-refractivity contribution in [1.29, 1.82) is 0 Å². The molecule has 0 aromatic heterocycles. The molecule has 0 aliphatic carbocycles. The number of hydrogen-bond donors (Lipinski definition) is 0. The van der Waals surface area contributed by atoms with Gasteiger partial charge in [-0.3, -0.25) is 0 Å². The Hall–Kier alpha value is -0.440. The fourth-order valence-corrected chi connectivity index (χ4v) is 2.03. The average Bonchev–Trinajstić information content (AvgIpc) is 2.00. The summed E-state index contributed by atoms with van der Waals surface area (Å²) in [5.74, 6) is 8.02. The molecule has 1 unspecified atom stereocenters. The van der Waals surface area contributed by atoms with Gasteiger partial charge in [-0.1, -0.05) is 33.6 Å². The van der Waals surface area contributed by atoms with Crippen molar-refractivity contribution in [2.75, 3.05) is 0 Å². The van der Waals surface area contributed by atoms with Gasteiger partial charge in [-0.25, -0.2) is 0 Å². The average molecular weight is 194 g/mol. The van der Waals surface area contributed by atoms with Crippen LogP contribution in [-0.4, -0.2) is 0 Å². The summed E-state index contributed by atoms with van der Waals surface area (Å²) < 4.78 is 0. The third kappa shape index (κ3) is 6.08. The van der Waals surface area contributed by atoms with E-state index >= 15 is 0 Å². The second-order valence-corrected chi connectivity index (χ2v) is 5.47. The second-order valence-electron chi connectivity index (χ2n) is 5.47. The summed E-state index contributed by atoms with van der Waals surface area (Å²) in [6, 6.07) is 0. The zero-order chi connectivity index (χ0) is 11.2. The van der Waals surface area contributed by atoms with Crippen molar-refractivity contribution < 1.29 is 0 Å². The van der Waals surface area contributed by atoms with Crippen LogP contribution in [0.5, 0.6) is 0 Å². The molecule has 0 aromatic carbocycles. The van der Waals surface area contributed by atoms with Gasteiger partial charge in [-0.15, -0.1) is 5.92 Å². The van der Waals surface area contributed by atoms with Gasteiger partial charge in [-0.05, 0) is 44.9 Å². The molecule has 1 atom stereocenters. The van der Waals surface area contributed by atoms with E-state index in [0.717, 1.165) is 11.8 Å². The van der Waals surface area contributed by atoms with Crippen LogP contribution in [-0.2, 0) is 0 Å². The fraction of sp³-hybridized carbons (Fsp3) is 0.857. The monoisotopic (exact) mass is 194 g/mol. The first-order chi connectivity index (χ1) is 6.39. The smallest absolute Gasteiger partial charge is 0.0289 e. The minimum atomic E-state index is 0.243. The Kier molecular flexibility index (Phi) is 5.93. The molecular formula is C14H26. The largest absolute Gasteiger partial charge is 0.106 e. The van der Waals surface area contributed by atoms with Crippen molar-refractivity contribution in [3.63, 3.8) is 0 Å². The van der Waals surface area contributed by atoms with Crippen molar-refractivity contribution in [2.45, 2.75) is 60.8 Å². The van der Waals surface area contributed by atoms with Gasteiger partial charge in [0.05, 0.1) is 0 Å². The van der Waals surface area contributed by atoms with Crippen LogP contribution in [0.1, 0.15) is 60.8 Å². The lowest BCUT2D eigenvalue weighted by molar-refractivity contribution is 0.300. The molecule has 0 radical (unpaired) electrons. The van der Waals surface area contributed by atoms with E-state index in [2.05, 4.69) is 46.5 Å². The Morgan fingerprint density at radius 2 is 1.64 bits per heavy atom. The highest BCUT2D eigenvalue weighted by Crippen LogP contribution is 2.31. The van der Waals surface area contributed by atoms with E-state index < -0.39 is 0 Å². The van der Waals surface area contributed by atoms with Gasteiger partial charge in [0.25, 0.3) is 0 Å². The lowest BCUT2D eigenvalue weighted by atomic mass is 9.77. The Labute approximate surface area is 90.5 Å². The van der Waals surface area contributed by atoms with Gasteiger partial charge >= 0.3 is 0 Å². The normalized spacial score (nSPS) is 15.1. The predicted octanol–water partition coefficient (Wildman–Crippen LogP) is 4.50. The molecule has 0 saturated carbocycles. The first-order valence-electron chi connectivity index (χ1n) is 5.83. The molecule has 0 aliphatic heterocycles. The summed E-state index contributed by atoms with van der Waals surface area (Å²) in [5.41, 5.74) is 0.243. The van der Waals surface area contributed by atoms with Crippen molar-refractivity contribution in [3.8, 4) is 11.8 Å². The third-order valence-electron chi connectivity index (χ3n) is 2.56. The van der Waals surface area contributed by atoms with Gasteiger partial charge in [0.15, 0.2) is 0 Å². The van der Waals surface area contributed by atoms with E-state index in [1.54, 1.807) is 0 Å². The number of rotatable bonds is 5. The van der Waals surface area contributed by atoms with Crippen LogP contribution in [0.25, 0.3) is 0 Å². The van der Waals surface area contributed by atoms with E-state index in [-0.39, 0.29) is 5.41 Å². The topological polar surface area (TPSA) is 0 Å². The van der Waals surface area contributed by atoms with Crippen LogP contribution < -0.4 is 0 Å². The molecule has 0 spiro atoms. The van der Waals surface area contributed by atoms with E-state index in [1.165, 1.54) is 19.3 Å². The molecular weight excluding hydrogens is 168 g/mol. The molecule has 0 saturated heterocycles. The van der Waals surface area contributed by atoms with Crippen molar-refractivity contribution in [3.05, 3.63) is 0 Å². The Bertz CT molecular complexity index is 202. The van der Waals surface area contributed by atoms with Gasteiger partial charge in [0.1, 0.15) is 0 Å². The maximum atomic E-state index is 3.40. The van der Waals surface area contributed by atoms with Crippen LogP contribution in [0.3, 0.4) is 0 Å². The van der Waals surface area contributed by atoms with Gasteiger partial charge in [0.2, 0.25) is 0 Å². The molecule has 14 heavy (non-hydrogen) atoms. The van der Waals surface area contributed by atoms with Crippen LogP contribution >= 0.6 is 0 Å². The first-order valence-corrected chi connectivity index (χ1v) is 5.83. The maximum absolute atomic E-state index is 3.40. The molecule has 0 heterocycles. The van der Waals surface area contributed by atoms with Gasteiger partial charge in [-0.2, -0.15) is 0 Å². The van der Waals surface area contributed by atoms with Crippen LogP contribution in [0.15, 0.2) is 0 Å². The van der Waals surface area contributed by atoms with Crippen molar-refractivity contribution in [1.82, 2.24) is 0 Å². The summed E-state index contributed by atoms with van der Waals surface area (Å²) >= 11 is 0. The van der Waals surface area contributed by atoms with Crippen molar-refractivity contribution >= 4 is 0 Å². The molecule has 0 bridgehead atoms. The molecule has 0 fully saturated rings. The quantitative estimate of drug-likeness (QED) is 0.565. The summed E-state index contributed by atoms with van der Waals surface area (Å²) in [5, 5.41) is 0. The number of hydrogen-bond acceptors (Lipinski definition) is 0. The molecule has 0 amide bonds. The molecule has 0 N–H and O–H groups in total. The highest BCUT2D eigenvalue weighted by atomic mass is 14.3. The van der Waals surface area contributed by atoms with Crippen LogP contribution in [0.2, 0.25) is 0 Å². The van der Waals surface area contributed by atoms with E-state index in [9.17, 15) is 0 Å². The first kappa shape index (κ1) is 13.6. The van der Waals surface area contributed by atoms with Crippen LogP contribution in [0, 0.1) is 29.1 Å². The van der Waals surface area contributed by atoms with E-state index in [0.29, 0.717) is 0 Å². The fourth-order valence-electron chi connectivity index (χ4n) is 2.03. The molecule has 0 nitrogen and oxygen atoms in total. The van der Waals surface area contributed by atoms with Gasteiger partial charge in [0, 0.05) is 5.41 Å². The highest BCUT2D eigenvalue weighted by Gasteiger charge is 2.22. The summed E-state index contributed by atoms with van der Waals surface area (Å²) in [6.07, 6.45) is 3.75. The van der Waals surface area contributed by atoms with Gasteiger partial charge < -0.3 is 0 Å². The zero-order valence-corrected chi connectivity index (χ0v) is 10.8. The Morgan fingerprint density at radius 1 is 1.07 bits per heavy atom. The lowest BCUT2D eigenvalue weighted by Crippen LogP contribution is -2.17. The zero-order valence-electron chi connectivity index (χ0n) is 10.8. The minimum Gasteiger partial charge on any atom is -0.106 e. The molecule has 82 valence electrons. The second kappa shape index (κ2) is 6.12. The maximum Gasteiger partial charge on any atom is 0.0289 e. The molecule has 0 aromatic rings. The highest BCUT2D eigenvalue weighted by molar-refractivity contribution is 5.08. The summed E-state index contributed by atoms with van der Waals surface area (Å²) in [4.78, 5) is 0. The van der Waals surface area contributed by atoms with Crippen LogP contribution in [0.4, 0.5) is 0 Å². The third-order valence-corrected chi connectivity index (χ3v) is 2.56. The van der Waals surface area contributed by atoms with Crippen molar-refractivity contribution in [2.24, 2.45) is 17.3 Å². The minimum absolute atomic E-state index is 0.243. The van der Waals surface area contributed by atoms with E-state index in [1.807, 2.05) is 6.92 Å². The standard InChI is InChI=1S/C14H26/c1-7-9-14(6,11-13(4)5)10-8-12(2)3/h12-13H,8,10-11H2,1-6H3. The molecule has 0 aliphatic rings. The van der Waals surface area contributed by atoms with E-state index in [4.69, 9.17) is 0 Å². The summed E-state index contributed by atoms with van der Waals surface area (Å²) in [6.45, 7) is 13.4. The SMILES string of the molecule is CC#CC(C)(CCC(C)C)CC(C)C. The Morgan fingerprint density at radius 3 is 2.00 bits per heavy atom.